The molecule has 14 heavy (non-hydrogen) atoms. The Labute approximate surface area is 84.6 Å². The molecule has 1 aliphatic carbocycles. The van der Waals surface area contributed by atoms with Crippen LogP contribution in [0.3, 0.4) is 0 Å². The van der Waals surface area contributed by atoms with Crippen LogP contribution in [0.2, 0.25) is 0 Å². The normalized spacial score (nSPS) is 27.0. The Morgan fingerprint density at radius 1 is 1.50 bits per heavy atom. The van der Waals surface area contributed by atoms with Gasteiger partial charge in [0.1, 0.15) is 0 Å². The average Bonchev–Trinajstić information content (AvgIpc) is 2.17. The summed E-state index contributed by atoms with van der Waals surface area (Å²) in [5.74, 6) is 0.202. The van der Waals surface area contributed by atoms with Crippen LogP contribution in [0.5, 0.6) is 0 Å². The van der Waals surface area contributed by atoms with Crippen molar-refractivity contribution in [3.63, 3.8) is 0 Å². The van der Waals surface area contributed by atoms with E-state index in [0.717, 1.165) is 25.7 Å². The molecule has 0 radical (unpaired) electrons. The minimum Gasteiger partial charge on any atom is -0.450 e. The van der Waals surface area contributed by atoms with Crippen LogP contribution in [-0.2, 0) is 4.74 Å². The molecule has 1 rings (SSSR count). The van der Waals surface area contributed by atoms with Gasteiger partial charge in [-0.15, -0.1) is 0 Å². The Bertz CT molecular complexity index is 184. The fraction of sp³-hybridized carbons (Fsp3) is 0.900. The van der Waals surface area contributed by atoms with Gasteiger partial charge < -0.3 is 15.2 Å². The molecular formula is C10H19NO3. The summed E-state index contributed by atoms with van der Waals surface area (Å²) in [4.78, 5) is 11.0. The van der Waals surface area contributed by atoms with E-state index in [1.807, 2.05) is 0 Å². The first-order valence-corrected chi connectivity index (χ1v) is 5.32. The second-order valence-electron chi connectivity index (χ2n) is 3.71. The first-order valence-electron chi connectivity index (χ1n) is 5.32. The van der Waals surface area contributed by atoms with Gasteiger partial charge in [0.25, 0.3) is 0 Å². The summed E-state index contributed by atoms with van der Waals surface area (Å²) in [5, 5.41) is 12.3. The van der Waals surface area contributed by atoms with Crippen molar-refractivity contribution in [1.82, 2.24) is 5.32 Å². The van der Waals surface area contributed by atoms with Gasteiger partial charge in [-0.25, -0.2) is 4.79 Å². The Morgan fingerprint density at radius 2 is 2.21 bits per heavy atom. The minimum absolute atomic E-state index is 0.202. The maximum Gasteiger partial charge on any atom is 0.407 e. The lowest BCUT2D eigenvalue weighted by atomic mass is 9.86. The number of amides is 1. The van der Waals surface area contributed by atoms with Gasteiger partial charge in [-0.05, 0) is 19.8 Å². The monoisotopic (exact) mass is 201 g/mol. The number of rotatable bonds is 3. The van der Waals surface area contributed by atoms with Gasteiger partial charge >= 0.3 is 6.09 Å². The lowest BCUT2D eigenvalue weighted by Crippen LogP contribution is -2.36. The van der Waals surface area contributed by atoms with Crippen LogP contribution in [-0.4, -0.2) is 30.5 Å². The van der Waals surface area contributed by atoms with Crippen molar-refractivity contribution in [1.29, 1.82) is 0 Å². The number of hydrogen-bond acceptors (Lipinski definition) is 3. The molecule has 0 aromatic rings. The second-order valence-corrected chi connectivity index (χ2v) is 3.71. The van der Waals surface area contributed by atoms with E-state index in [0.29, 0.717) is 13.2 Å². The van der Waals surface area contributed by atoms with E-state index in [4.69, 9.17) is 4.74 Å². The molecule has 0 saturated heterocycles. The van der Waals surface area contributed by atoms with Crippen LogP contribution in [0.15, 0.2) is 0 Å². The molecule has 1 saturated carbocycles. The third kappa shape index (κ3) is 3.54. The van der Waals surface area contributed by atoms with Gasteiger partial charge in [0.2, 0.25) is 0 Å². The number of nitrogens with one attached hydrogen (secondary N) is 1. The van der Waals surface area contributed by atoms with Crippen molar-refractivity contribution < 1.29 is 14.6 Å². The molecular weight excluding hydrogens is 182 g/mol. The average molecular weight is 201 g/mol. The van der Waals surface area contributed by atoms with Crippen LogP contribution in [0, 0.1) is 5.92 Å². The van der Waals surface area contributed by atoms with Crippen LogP contribution < -0.4 is 5.32 Å². The molecule has 0 bridgehead atoms. The fourth-order valence-corrected chi connectivity index (χ4v) is 1.82. The molecule has 0 aromatic carbocycles. The molecule has 4 nitrogen and oxygen atoms in total. The summed E-state index contributed by atoms with van der Waals surface area (Å²) >= 11 is 0. The highest BCUT2D eigenvalue weighted by molar-refractivity contribution is 5.67. The van der Waals surface area contributed by atoms with Crippen molar-refractivity contribution >= 4 is 6.09 Å². The van der Waals surface area contributed by atoms with E-state index in [-0.39, 0.29) is 18.1 Å². The smallest absolute Gasteiger partial charge is 0.407 e. The zero-order valence-electron chi connectivity index (χ0n) is 8.66. The number of carbonyl (C=O) groups is 1. The van der Waals surface area contributed by atoms with E-state index < -0.39 is 0 Å². The number of aliphatic hydroxyl groups is 1. The first-order chi connectivity index (χ1) is 6.74. The highest BCUT2D eigenvalue weighted by Gasteiger charge is 2.23. The maximum atomic E-state index is 11.0. The summed E-state index contributed by atoms with van der Waals surface area (Å²) in [6.07, 6.45) is 3.45. The van der Waals surface area contributed by atoms with Gasteiger partial charge in [-0.1, -0.05) is 12.8 Å². The van der Waals surface area contributed by atoms with E-state index in [1.165, 1.54) is 0 Å². The first kappa shape index (κ1) is 11.3. The molecule has 0 heterocycles. The predicted octanol–water partition coefficient (Wildman–Crippen LogP) is 1.28. The third-order valence-corrected chi connectivity index (χ3v) is 2.65. The molecule has 4 heteroatoms. The standard InChI is InChI=1S/C10H19NO3/c1-2-14-10(13)11-7-8-5-3-4-6-9(8)12/h8-9,12H,2-7H2,1H3,(H,11,13). The third-order valence-electron chi connectivity index (χ3n) is 2.65. The summed E-state index contributed by atoms with van der Waals surface area (Å²) in [7, 11) is 0. The molecule has 1 aliphatic rings. The van der Waals surface area contributed by atoms with Gasteiger partial charge in [-0.3, -0.25) is 0 Å². The number of alkyl carbamates (subject to hydrolysis) is 1. The molecule has 2 N–H and O–H groups in total. The van der Waals surface area contributed by atoms with E-state index in [1.54, 1.807) is 6.92 Å². The quantitative estimate of drug-likeness (QED) is 0.723. The van der Waals surface area contributed by atoms with Crippen molar-refractivity contribution in [2.75, 3.05) is 13.2 Å². The van der Waals surface area contributed by atoms with Crippen LogP contribution in [0.1, 0.15) is 32.6 Å². The molecule has 2 unspecified atom stereocenters. The Hall–Kier alpha value is -0.770. The van der Waals surface area contributed by atoms with Gasteiger partial charge in [0.05, 0.1) is 12.7 Å². The molecule has 0 aliphatic heterocycles. The number of hydrogen-bond donors (Lipinski definition) is 2. The largest absolute Gasteiger partial charge is 0.450 e. The highest BCUT2D eigenvalue weighted by Crippen LogP contribution is 2.23. The van der Waals surface area contributed by atoms with Gasteiger partial charge in [-0.2, -0.15) is 0 Å². The molecule has 82 valence electrons. The Morgan fingerprint density at radius 3 is 2.86 bits per heavy atom. The Balaban J connectivity index is 2.19. The van der Waals surface area contributed by atoms with Crippen molar-refractivity contribution in [3.8, 4) is 0 Å². The molecule has 0 spiro atoms. The van der Waals surface area contributed by atoms with Crippen molar-refractivity contribution in [2.24, 2.45) is 5.92 Å². The maximum absolute atomic E-state index is 11.0. The fourth-order valence-electron chi connectivity index (χ4n) is 1.82. The second kappa shape index (κ2) is 5.86. The number of aliphatic hydroxyl groups excluding tert-OH is 1. The summed E-state index contributed by atoms with van der Waals surface area (Å²) in [6, 6.07) is 0. The lowest BCUT2D eigenvalue weighted by Gasteiger charge is -2.27. The van der Waals surface area contributed by atoms with E-state index in [9.17, 15) is 9.90 Å². The van der Waals surface area contributed by atoms with Gasteiger partial charge in [0, 0.05) is 12.5 Å². The zero-order chi connectivity index (χ0) is 10.4. The number of carbonyl (C=O) groups excluding carboxylic acids is 1. The van der Waals surface area contributed by atoms with Gasteiger partial charge in [0.15, 0.2) is 0 Å². The molecule has 2 atom stereocenters. The van der Waals surface area contributed by atoms with E-state index in [2.05, 4.69) is 5.32 Å². The van der Waals surface area contributed by atoms with Crippen LogP contribution >= 0.6 is 0 Å². The molecule has 1 fully saturated rings. The summed E-state index contributed by atoms with van der Waals surface area (Å²) in [5.41, 5.74) is 0. The van der Waals surface area contributed by atoms with Crippen LogP contribution in [0.4, 0.5) is 4.79 Å². The van der Waals surface area contributed by atoms with E-state index >= 15 is 0 Å². The SMILES string of the molecule is CCOC(=O)NCC1CCCCC1O. The van der Waals surface area contributed by atoms with Crippen molar-refractivity contribution in [3.05, 3.63) is 0 Å². The van der Waals surface area contributed by atoms with Crippen molar-refractivity contribution in [2.45, 2.75) is 38.7 Å². The predicted molar refractivity (Wildman–Crippen MR) is 53.0 cm³/mol. The summed E-state index contributed by atoms with van der Waals surface area (Å²) < 4.78 is 4.74. The number of ether oxygens (including phenoxy) is 1. The molecule has 0 aromatic heterocycles. The lowest BCUT2D eigenvalue weighted by molar-refractivity contribution is 0.0680. The zero-order valence-corrected chi connectivity index (χ0v) is 8.66. The topological polar surface area (TPSA) is 58.6 Å². The Kier molecular flexibility index (Phi) is 4.73. The molecule has 1 amide bonds. The van der Waals surface area contributed by atoms with Crippen LogP contribution in [0.25, 0.3) is 0 Å². The minimum atomic E-state index is -0.384. The highest BCUT2D eigenvalue weighted by atomic mass is 16.5. The summed E-state index contributed by atoms with van der Waals surface area (Å²) in [6.45, 7) is 2.69.